The van der Waals surface area contributed by atoms with Gasteiger partial charge in [0.05, 0.1) is 6.33 Å². The molecule has 0 amide bonds. The Bertz CT molecular complexity index is 519. The van der Waals surface area contributed by atoms with E-state index in [1.165, 1.54) is 16.2 Å². The SMILES string of the molecule is CCCn1cncc1CSc1ccc(C(C)NC)cc1. The van der Waals surface area contributed by atoms with Crippen molar-refractivity contribution in [2.24, 2.45) is 0 Å². The molecule has 1 atom stereocenters. The molecule has 0 aliphatic carbocycles. The lowest BCUT2D eigenvalue weighted by atomic mass is 10.1. The summed E-state index contributed by atoms with van der Waals surface area (Å²) in [6.07, 6.45) is 5.04. The van der Waals surface area contributed by atoms with Crippen LogP contribution in [-0.2, 0) is 12.3 Å². The lowest BCUT2D eigenvalue weighted by molar-refractivity contribution is 0.652. The normalized spacial score (nSPS) is 12.6. The molecule has 0 aliphatic heterocycles. The van der Waals surface area contributed by atoms with Crippen molar-refractivity contribution in [3.63, 3.8) is 0 Å². The van der Waals surface area contributed by atoms with Crippen molar-refractivity contribution in [2.75, 3.05) is 7.05 Å². The summed E-state index contributed by atoms with van der Waals surface area (Å²) in [6, 6.07) is 9.21. The van der Waals surface area contributed by atoms with E-state index in [4.69, 9.17) is 0 Å². The summed E-state index contributed by atoms with van der Waals surface area (Å²) >= 11 is 1.86. The fourth-order valence-corrected chi connectivity index (χ4v) is 2.97. The van der Waals surface area contributed by atoms with E-state index in [-0.39, 0.29) is 0 Å². The van der Waals surface area contributed by atoms with Crippen LogP contribution >= 0.6 is 11.8 Å². The Kier molecular flexibility index (Phi) is 5.68. The van der Waals surface area contributed by atoms with Gasteiger partial charge >= 0.3 is 0 Å². The highest BCUT2D eigenvalue weighted by atomic mass is 32.2. The van der Waals surface area contributed by atoms with Gasteiger partial charge in [-0.1, -0.05) is 19.1 Å². The number of nitrogens with one attached hydrogen (secondary N) is 1. The zero-order valence-corrected chi connectivity index (χ0v) is 13.3. The van der Waals surface area contributed by atoms with Crippen LogP contribution in [0.25, 0.3) is 0 Å². The van der Waals surface area contributed by atoms with Gasteiger partial charge in [-0.05, 0) is 38.1 Å². The van der Waals surface area contributed by atoms with Crippen LogP contribution in [-0.4, -0.2) is 16.6 Å². The van der Waals surface area contributed by atoms with Crippen LogP contribution in [0.5, 0.6) is 0 Å². The molecule has 0 radical (unpaired) electrons. The Balaban J connectivity index is 1.95. The minimum atomic E-state index is 0.403. The van der Waals surface area contributed by atoms with Gasteiger partial charge < -0.3 is 9.88 Å². The van der Waals surface area contributed by atoms with Crippen molar-refractivity contribution >= 4 is 11.8 Å². The molecule has 4 heteroatoms. The molecule has 3 nitrogen and oxygen atoms in total. The van der Waals surface area contributed by atoms with E-state index in [9.17, 15) is 0 Å². The van der Waals surface area contributed by atoms with Gasteiger partial charge in [0.25, 0.3) is 0 Å². The zero-order chi connectivity index (χ0) is 14.4. The lowest BCUT2D eigenvalue weighted by Gasteiger charge is -2.11. The Hall–Kier alpha value is -1.26. The third-order valence-electron chi connectivity index (χ3n) is 3.46. The number of hydrogen-bond donors (Lipinski definition) is 1. The summed E-state index contributed by atoms with van der Waals surface area (Å²) in [5.41, 5.74) is 2.62. The summed E-state index contributed by atoms with van der Waals surface area (Å²) in [4.78, 5) is 5.55. The van der Waals surface area contributed by atoms with E-state index >= 15 is 0 Å². The zero-order valence-electron chi connectivity index (χ0n) is 12.5. The minimum Gasteiger partial charge on any atom is -0.334 e. The van der Waals surface area contributed by atoms with E-state index in [0.29, 0.717) is 6.04 Å². The molecule has 1 unspecified atom stereocenters. The molecular weight excluding hydrogens is 266 g/mol. The first kappa shape index (κ1) is 15.1. The van der Waals surface area contributed by atoms with Crippen molar-refractivity contribution in [2.45, 2.75) is 43.5 Å². The number of imidazole rings is 1. The van der Waals surface area contributed by atoms with Crippen LogP contribution in [0.1, 0.15) is 37.6 Å². The number of nitrogens with zero attached hydrogens (tertiary/aromatic N) is 2. The fourth-order valence-electron chi connectivity index (χ4n) is 2.09. The second-order valence-electron chi connectivity index (χ2n) is 4.95. The Morgan fingerprint density at radius 2 is 2.05 bits per heavy atom. The molecule has 0 saturated carbocycles. The predicted octanol–water partition coefficient (Wildman–Crippen LogP) is 3.87. The number of hydrogen-bond acceptors (Lipinski definition) is 3. The first-order valence-electron chi connectivity index (χ1n) is 7.13. The summed E-state index contributed by atoms with van der Waals surface area (Å²) < 4.78 is 2.24. The third-order valence-corrected chi connectivity index (χ3v) is 4.51. The number of aromatic nitrogens is 2. The quantitative estimate of drug-likeness (QED) is 0.785. The molecule has 0 spiro atoms. The number of rotatable bonds is 7. The summed E-state index contributed by atoms with van der Waals surface area (Å²) in [7, 11) is 1.99. The molecule has 1 N–H and O–H groups in total. The third kappa shape index (κ3) is 3.87. The van der Waals surface area contributed by atoms with Crippen molar-refractivity contribution < 1.29 is 0 Å². The van der Waals surface area contributed by atoms with Gasteiger partial charge in [0, 0.05) is 35.1 Å². The van der Waals surface area contributed by atoms with E-state index < -0.39 is 0 Å². The largest absolute Gasteiger partial charge is 0.334 e. The van der Waals surface area contributed by atoms with Crippen molar-refractivity contribution in [3.8, 4) is 0 Å². The smallest absolute Gasteiger partial charge is 0.0948 e. The molecular formula is C16H23N3S. The fraction of sp³-hybridized carbons (Fsp3) is 0.438. The molecule has 0 bridgehead atoms. The van der Waals surface area contributed by atoms with Gasteiger partial charge in [0.15, 0.2) is 0 Å². The predicted molar refractivity (Wildman–Crippen MR) is 86.0 cm³/mol. The number of thioether (sulfide) groups is 1. The van der Waals surface area contributed by atoms with Gasteiger partial charge in [-0.3, -0.25) is 0 Å². The molecule has 0 fully saturated rings. The van der Waals surface area contributed by atoms with Gasteiger partial charge in [0.2, 0.25) is 0 Å². The van der Waals surface area contributed by atoms with Crippen molar-refractivity contribution in [1.82, 2.24) is 14.9 Å². The van der Waals surface area contributed by atoms with E-state index in [2.05, 4.69) is 53.0 Å². The van der Waals surface area contributed by atoms with Crippen LogP contribution in [0.3, 0.4) is 0 Å². The maximum Gasteiger partial charge on any atom is 0.0948 e. The summed E-state index contributed by atoms with van der Waals surface area (Å²) in [5, 5.41) is 3.26. The molecule has 20 heavy (non-hydrogen) atoms. The molecule has 108 valence electrons. The second kappa shape index (κ2) is 7.50. The van der Waals surface area contributed by atoms with Gasteiger partial charge in [-0.2, -0.15) is 0 Å². The van der Waals surface area contributed by atoms with Crippen LogP contribution < -0.4 is 5.32 Å². The minimum absolute atomic E-state index is 0.403. The standard InChI is InChI=1S/C16H23N3S/c1-4-9-19-12-18-10-15(19)11-20-16-7-5-14(6-8-16)13(2)17-3/h5-8,10,12-13,17H,4,9,11H2,1-3H3. The highest BCUT2D eigenvalue weighted by Gasteiger charge is 2.04. The molecule has 2 aromatic rings. The van der Waals surface area contributed by atoms with Crippen LogP contribution in [0.4, 0.5) is 0 Å². The van der Waals surface area contributed by atoms with Gasteiger partial charge in [-0.15, -0.1) is 11.8 Å². The lowest BCUT2D eigenvalue weighted by Crippen LogP contribution is -2.11. The molecule has 2 rings (SSSR count). The Labute approximate surface area is 125 Å². The molecule has 1 aromatic heterocycles. The van der Waals surface area contributed by atoms with Crippen LogP contribution in [0.2, 0.25) is 0 Å². The van der Waals surface area contributed by atoms with E-state index in [0.717, 1.165) is 18.7 Å². The highest BCUT2D eigenvalue weighted by Crippen LogP contribution is 2.24. The van der Waals surface area contributed by atoms with Crippen LogP contribution in [0, 0.1) is 0 Å². The van der Waals surface area contributed by atoms with Crippen molar-refractivity contribution in [3.05, 3.63) is 48.0 Å². The topological polar surface area (TPSA) is 29.9 Å². The Morgan fingerprint density at radius 1 is 1.30 bits per heavy atom. The maximum atomic E-state index is 4.24. The number of aryl methyl sites for hydroxylation is 1. The molecule has 1 heterocycles. The van der Waals surface area contributed by atoms with Crippen molar-refractivity contribution in [1.29, 1.82) is 0 Å². The first-order valence-corrected chi connectivity index (χ1v) is 8.12. The van der Waals surface area contributed by atoms with E-state index in [1.807, 2.05) is 31.3 Å². The summed E-state index contributed by atoms with van der Waals surface area (Å²) in [6.45, 7) is 5.42. The average Bonchev–Trinajstić information content (AvgIpc) is 2.92. The number of benzene rings is 1. The van der Waals surface area contributed by atoms with E-state index in [1.54, 1.807) is 0 Å². The highest BCUT2D eigenvalue weighted by molar-refractivity contribution is 7.98. The van der Waals surface area contributed by atoms with Gasteiger partial charge in [0.1, 0.15) is 0 Å². The van der Waals surface area contributed by atoms with Gasteiger partial charge in [-0.25, -0.2) is 4.98 Å². The Morgan fingerprint density at radius 3 is 2.70 bits per heavy atom. The molecule has 1 aromatic carbocycles. The maximum absolute atomic E-state index is 4.24. The first-order chi connectivity index (χ1) is 9.74. The molecule has 0 saturated heterocycles. The van der Waals surface area contributed by atoms with Crippen LogP contribution in [0.15, 0.2) is 41.7 Å². The average molecular weight is 289 g/mol. The molecule has 0 aliphatic rings. The summed E-state index contributed by atoms with van der Waals surface area (Å²) in [5.74, 6) is 0.973. The monoisotopic (exact) mass is 289 g/mol. The second-order valence-corrected chi connectivity index (χ2v) is 6.00.